The number of nitrogens with one attached hydrogen (secondary N) is 1. The van der Waals surface area contributed by atoms with Gasteiger partial charge in [-0.05, 0) is 12.1 Å². The van der Waals surface area contributed by atoms with Crippen LogP contribution in [0.2, 0.25) is 0 Å². The molecule has 0 spiro atoms. The fraction of sp³-hybridized carbons (Fsp3) is 0. The SMILES string of the molecule is O=C1C=CC(=O)N1.c1ccc(-c2ncco2)nc1. The molecule has 6 nitrogen and oxygen atoms in total. The van der Waals surface area contributed by atoms with E-state index < -0.39 is 0 Å². The highest BCUT2D eigenvalue weighted by atomic mass is 16.3. The predicted molar refractivity (Wildman–Crippen MR) is 62.0 cm³/mol. The van der Waals surface area contributed by atoms with E-state index in [0.717, 1.165) is 5.69 Å². The summed E-state index contributed by atoms with van der Waals surface area (Å²) in [5.41, 5.74) is 0.762. The van der Waals surface area contributed by atoms with Gasteiger partial charge in [0.1, 0.15) is 12.0 Å². The van der Waals surface area contributed by atoms with Crippen LogP contribution in [0.3, 0.4) is 0 Å². The molecule has 90 valence electrons. The molecule has 0 unspecified atom stereocenters. The lowest BCUT2D eigenvalue weighted by Gasteiger charge is -1.90. The van der Waals surface area contributed by atoms with Crippen LogP contribution in [-0.2, 0) is 9.59 Å². The van der Waals surface area contributed by atoms with Crippen molar-refractivity contribution in [2.24, 2.45) is 0 Å². The Kier molecular flexibility index (Phi) is 3.60. The third kappa shape index (κ3) is 3.11. The summed E-state index contributed by atoms with van der Waals surface area (Å²) in [7, 11) is 0. The minimum Gasteiger partial charge on any atom is -0.443 e. The third-order valence-electron chi connectivity index (χ3n) is 1.95. The van der Waals surface area contributed by atoms with Crippen molar-refractivity contribution < 1.29 is 14.0 Å². The second-order valence-corrected chi connectivity index (χ2v) is 3.24. The van der Waals surface area contributed by atoms with Gasteiger partial charge in [0.15, 0.2) is 0 Å². The van der Waals surface area contributed by atoms with Crippen molar-refractivity contribution in [2.45, 2.75) is 0 Å². The van der Waals surface area contributed by atoms with E-state index in [9.17, 15) is 9.59 Å². The Balaban J connectivity index is 0.000000149. The number of oxazole rings is 1. The molecule has 0 aromatic carbocycles. The largest absolute Gasteiger partial charge is 0.443 e. The van der Waals surface area contributed by atoms with Crippen LogP contribution in [0.15, 0.2) is 53.4 Å². The van der Waals surface area contributed by atoms with Crippen LogP contribution >= 0.6 is 0 Å². The highest BCUT2D eigenvalue weighted by molar-refractivity contribution is 6.12. The van der Waals surface area contributed by atoms with Crippen LogP contribution in [0, 0.1) is 0 Å². The Morgan fingerprint density at radius 2 is 1.78 bits per heavy atom. The standard InChI is InChI=1S/C8H6N2O.C4H3NO2/c1-2-4-9-7(3-1)8-10-5-6-11-8;6-3-1-2-4(7)5-3/h1-6H;1-2H,(H,5,6,7). The summed E-state index contributed by atoms with van der Waals surface area (Å²) >= 11 is 0. The molecule has 1 N–H and O–H groups in total. The first-order chi connectivity index (χ1) is 8.75. The number of pyridine rings is 1. The number of carbonyl (C=O) groups excluding carboxylic acids is 2. The second-order valence-electron chi connectivity index (χ2n) is 3.24. The van der Waals surface area contributed by atoms with Gasteiger partial charge in [-0.1, -0.05) is 6.07 Å². The second kappa shape index (κ2) is 5.53. The summed E-state index contributed by atoms with van der Waals surface area (Å²) in [4.78, 5) is 28.1. The first-order valence-corrected chi connectivity index (χ1v) is 5.09. The van der Waals surface area contributed by atoms with Crippen LogP contribution < -0.4 is 5.32 Å². The number of amides is 2. The summed E-state index contributed by atoms with van der Waals surface area (Å²) in [6.45, 7) is 0. The zero-order valence-corrected chi connectivity index (χ0v) is 9.24. The summed E-state index contributed by atoms with van der Waals surface area (Å²) in [5, 5.41) is 2.03. The van der Waals surface area contributed by atoms with E-state index in [0.29, 0.717) is 5.89 Å². The highest BCUT2D eigenvalue weighted by Gasteiger charge is 2.06. The average molecular weight is 243 g/mol. The van der Waals surface area contributed by atoms with E-state index >= 15 is 0 Å². The molecule has 0 radical (unpaired) electrons. The summed E-state index contributed by atoms with van der Waals surface area (Å²) < 4.78 is 5.05. The van der Waals surface area contributed by atoms with Gasteiger partial charge in [0.2, 0.25) is 5.89 Å². The van der Waals surface area contributed by atoms with E-state index in [2.05, 4.69) is 9.97 Å². The maximum absolute atomic E-state index is 10.0. The maximum atomic E-state index is 10.0. The Hall–Kier alpha value is -2.76. The lowest BCUT2D eigenvalue weighted by molar-refractivity contribution is -0.123. The molecule has 2 aromatic heterocycles. The van der Waals surface area contributed by atoms with Crippen LogP contribution in [-0.4, -0.2) is 21.8 Å². The van der Waals surface area contributed by atoms with Gasteiger partial charge in [0.05, 0.1) is 6.20 Å². The first-order valence-electron chi connectivity index (χ1n) is 5.09. The van der Waals surface area contributed by atoms with Crippen molar-refractivity contribution in [1.29, 1.82) is 0 Å². The molecule has 1 aliphatic rings. The topological polar surface area (TPSA) is 85.1 Å². The van der Waals surface area contributed by atoms with Crippen molar-refractivity contribution in [1.82, 2.24) is 15.3 Å². The molecular formula is C12H9N3O3. The van der Waals surface area contributed by atoms with Crippen LogP contribution in [0.5, 0.6) is 0 Å². The predicted octanol–water partition coefficient (Wildman–Crippen LogP) is 0.936. The van der Waals surface area contributed by atoms with Crippen molar-refractivity contribution in [3.8, 4) is 11.6 Å². The first kappa shape index (κ1) is 11.7. The Morgan fingerprint density at radius 3 is 2.22 bits per heavy atom. The van der Waals surface area contributed by atoms with Gasteiger partial charge in [0.25, 0.3) is 11.8 Å². The average Bonchev–Trinajstić information content (AvgIpc) is 3.03. The van der Waals surface area contributed by atoms with Crippen LogP contribution in [0.1, 0.15) is 0 Å². The van der Waals surface area contributed by atoms with E-state index in [-0.39, 0.29) is 11.8 Å². The smallest absolute Gasteiger partial charge is 0.250 e. The van der Waals surface area contributed by atoms with Gasteiger partial charge in [-0.3, -0.25) is 19.9 Å². The van der Waals surface area contributed by atoms with Gasteiger partial charge in [-0.25, -0.2) is 4.98 Å². The van der Waals surface area contributed by atoms with Crippen LogP contribution in [0.25, 0.3) is 11.6 Å². The molecule has 1 aliphatic heterocycles. The van der Waals surface area contributed by atoms with Crippen molar-refractivity contribution in [2.75, 3.05) is 0 Å². The minimum atomic E-state index is -0.329. The summed E-state index contributed by atoms with van der Waals surface area (Å²) in [5.74, 6) is -0.0967. The van der Waals surface area contributed by atoms with Crippen molar-refractivity contribution in [3.63, 3.8) is 0 Å². The summed E-state index contributed by atoms with van der Waals surface area (Å²) in [6, 6.07) is 5.60. The highest BCUT2D eigenvalue weighted by Crippen LogP contribution is 2.11. The molecular weight excluding hydrogens is 234 g/mol. The Labute approximate surface area is 102 Å². The zero-order valence-electron chi connectivity index (χ0n) is 9.24. The van der Waals surface area contributed by atoms with E-state index in [1.807, 2.05) is 23.5 Å². The summed E-state index contributed by atoms with van der Waals surface area (Å²) in [6.07, 6.45) is 7.23. The van der Waals surface area contributed by atoms with E-state index in [1.165, 1.54) is 18.4 Å². The molecule has 0 aliphatic carbocycles. The number of imide groups is 1. The molecule has 18 heavy (non-hydrogen) atoms. The molecule has 0 bridgehead atoms. The van der Waals surface area contributed by atoms with Gasteiger partial charge >= 0.3 is 0 Å². The molecule has 3 heterocycles. The lowest BCUT2D eigenvalue weighted by Crippen LogP contribution is -2.19. The number of aromatic nitrogens is 2. The van der Waals surface area contributed by atoms with Crippen molar-refractivity contribution in [3.05, 3.63) is 49.0 Å². The van der Waals surface area contributed by atoms with E-state index in [4.69, 9.17) is 4.42 Å². The van der Waals surface area contributed by atoms with Gasteiger partial charge in [0, 0.05) is 18.3 Å². The number of carbonyl (C=O) groups is 2. The Bertz CT molecular complexity index is 546. The number of nitrogens with zero attached hydrogens (tertiary/aromatic N) is 2. The zero-order chi connectivity index (χ0) is 12.8. The number of hydrogen-bond donors (Lipinski definition) is 1. The lowest BCUT2D eigenvalue weighted by atomic mass is 10.3. The van der Waals surface area contributed by atoms with Gasteiger partial charge < -0.3 is 4.42 Å². The number of rotatable bonds is 1. The van der Waals surface area contributed by atoms with Gasteiger partial charge in [-0.15, -0.1) is 0 Å². The fourth-order valence-electron chi connectivity index (χ4n) is 1.20. The quantitative estimate of drug-likeness (QED) is 0.753. The Morgan fingerprint density at radius 1 is 1.00 bits per heavy atom. The maximum Gasteiger partial charge on any atom is 0.250 e. The molecule has 2 amide bonds. The number of hydrogen-bond acceptors (Lipinski definition) is 5. The molecule has 0 fully saturated rings. The van der Waals surface area contributed by atoms with Crippen molar-refractivity contribution >= 4 is 11.8 Å². The van der Waals surface area contributed by atoms with Crippen LogP contribution in [0.4, 0.5) is 0 Å². The third-order valence-corrected chi connectivity index (χ3v) is 1.95. The fourth-order valence-corrected chi connectivity index (χ4v) is 1.20. The molecule has 0 atom stereocenters. The molecule has 0 saturated carbocycles. The molecule has 6 heteroatoms. The molecule has 2 aromatic rings. The van der Waals surface area contributed by atoms with E-state index in [1.54, 1.807) is 12.4 Å². The normalized spacial score (nSPS) is 12.9. The minimum absolute atomic E-state index is 0.329. The monoisotopic (exact) mass is 243 g/mol. The van der Waals surface area contributed by atoms with Gasteiger partial charge in [-0.2, -0.15) is 0 Å². The molecule has 3 rings (SSSR count). The molecule has 0 saturated heterocycles.